The normalized spacial score (nSPS) is 11.8. The Morgan fingerprint density at radius 2 is 2.00 bits per heavy atom. The molecule has 0 aliphatic carbocycles. The van der Waals surface area contributed by atoms with E-state index in [-0.39, 0.29) is 18.5 Å². The van der Waals surface area contributed by atoms with Crippen molar-refractivity contribution < 1.29 is 19.0 Å². The molecule has 0 radical (unpaired) electrons. The third-order valence-electron chi connectivity index (χ3n) is 3.10. The Morgan fingerprint density at radius 1 is 1.24 bits per heavy atom. The summed E-state index contributed by atoms with van der Waals surface area (Å²) in [6.45, 7) is 3.21. The SMILES string of the molecule is COCCNC(=O)CNC(C)c1cc(OC)ccc1OC. The van der Waals surface area contributed by atoms with Crippen LogP contribution in [0.1, 0.15) is 18.5 Å². The molecule has 0 aliphatic rings. The highest BCUT2D eigenvalue weighted by Gasteiger charge is 2.13. The highest BCUT2D eigenvalue weighted by atomic mass is 16.5. The van der Waals surface area contributed by atoms with Gasteiger partial charge >= 0.3 is 0 Å². The van der Waals surface area contributed by atoms with Crippen LogP contribution in [0.15, 0.2) is 18.2 Å². The summed E-state index contributed by atoms with van der Waals surface area (Å²) >= 11 is 0. The lowest BCUT2D eigenvalue weighted by Crippen LogP contribution is -2.36. The van der Waals surface area contributed by atoms with Crippen molar-refractivity contribution in [1.29, 1.82) is 0 Å². The molecule has 0 aliphatic heterocycles. The van der Waals surface area contributed by atoms with Crippen LogP contribution in [-0.4, -0.2) is 46.9 Å². The molecule has 0 saturated heterocycles. The van der Waals surface area contributed by atoms with Gasteiger partial charge in [-0.1, -0.05) is 0 Å². The maximum atomic E-state index is 11.6. The Kier molecular flexibility index (Phi) is 7.56. The molecular formula is C15H24N2O4. The van der Waals surface area contributed by atoms with E-state index in [1.165, 1.54) is 0 Å². The summed E-state index contributed by atoms with van der Waals surface area (Å²) in [6, 6.07) is 5.56. The Morgan fingerprint density at radius 3 is 2.62 bits per heavy atom. The molecule has 1 amide bonds. The maximum absolute atomic E-state index is 11.6. The summed E-state index contributed by atoms with van der Waals surface area (Å²) in [5, 5.41) is 5.92. The molecule has 0 bridgehead atoms. The first-order valence-corrected chi connectivity index (χ1v) is 6.83. The Balaban J connectivity index is 2.58. The average molecular weight is 296 g/mol. The average Bonchev–Trinajstić information content (AvgIpc) is 2.52. The molecule has 21 heavy (non-hydrogen) atoms. The highest BCUT2D eigenvalue weighted by molar-refractivity contribution is 5.78. The van der Waals surface area contributed by atoms with E-state index in [0.29, 0.717) is 13.2 Å². The minimum absolute atomic E-state index is 0.0387. The third-order valence-corrected chi connectivity index (χ3v) is 3.10. The number of hydrogen-bond donors (Lipinski definition) is 2. The standard InChI is InChI=1S/C15H24N2O4/c1-11(17-10-15(18)16-7-8-19-2)13-9-12(20-3)5-6-14(13)21-4/h5-6,9,11,17H,7-8,10H2,1-4H3,(H,16,18). The van der Waals surface area contributed by atoms with E-state index in [9.17, 15) is 4.79 Å². The van der Waals surface area contributed by atoms with Crippen LogP contribution in [0.4, 0.5) is 0 Å². The van der Waals surface area contributed by atoms with Gasteiger partial charge in [-0.25, -0.2) is 0 Å². The van der Waals surface area contributed by atoms with Gasteiger partial charge in [-0.15, -0.1) is 0 Å². The summed E-state index contributed by atoms with van der Waals surface area (Å²) in [5.41, 5.74) is 0.946. The summed E-state index contributed by atoms with van der Waals surface area (Å²) < 4.78 is 15.4. The number of nitrogens with one attached hydrogen (secondary N) is 2. The van der Waals surface area contributed by atoms with Crippen molar-refractivity contribution in [3.8, 4) is 11.5 Å². The van der Waals surface area contributed by atoms with Gasteiger partial charge in [0.25, 0.3) is 0 Å². The van der Waals surface area contributed by atoms with Gasteiger partial charge in [0.15, 0.2) is 0 Å². The van der Waals surface area contributed by atoms with Gasteiger partial charge in [0, 0.05) is 25.3 Å². The van der Waals surface area contributed by atoms with Crippen LogP contribution in [0.5, 0.6) is 11.5 Å². The Labute approximate surface area is 125 Å². The zero-order valence-electron chi connectivity index (χ0n) is 13.1. The predicted octanol–water partition coefficient (Wildman–Crippen LogP) is 1.12. The molecule has 2 N–H and O–H groups in total. The smallest absolute Gasteiger partial charge is 0.234 e. The first-order chi connectivity index (χ1) is 10.1. The lowest BCUT2D eigenvalue weighted by Gasteiger charge is -2.18. The molecule has 1 aromatic carbocycles. The van der Waals surface area contributed by atoms with E-state index >= 15 is 0 Å². The number of rotatable bonds is 9. The lowest BCUT2D eigenvalue weighted by atomic mass is 10.1. The zero-order chi connectivity index (χ0) is 15.7. The van der Waals surface area contributed by atoms with E-state index in [1.807, 2.05) is 25.1 Å². The first kappa shape index (κ1) is 17.3. The van der Waals surface area contributed by atoms with Crippen molar-refractivity contribution in [2.75, 3.05) is 41.0 Å². The second-order valence-corrected chi connectivity index (χ2v) is 4.55. The molecule has 0 fully saturated rings. The van der Waals surface area contributed by atoms with Gasteiger partial charge in [-0.05, 0) is 25.1 Å². The summed E-state index contributed by atoms with van der Waals surface area (Å²) in [5.74, 6) is 1.44. The fourth-order valence-corrected chi connectivity index (χ4v) is 1.89. The van der Waals surface area contributed by atoms with Crippen LogP contribution in [-0.2, 0) is 9.53 Å². The number of methoxy groups -OCH3 is 3. The number of carbonyl (C=O) groups excluding carboxylic acids is 1. The third kappa shape index (κ3) is 5.61. The van der Waals surface area contributed by atoms with Crippen LogP contribution < -0.4 is 20.1 Å². The number of ether oxygens (including phenoxy) is 3. The van der Waals surface area contributed by atoms with E-state index in [0.717, 1.165) is 17.1 Å². The fourth-order valence-electron chi connectivity index (χ4n) is 1.89. The van der Waals surface area contributed by atoms with Gasteiger partial charge in [0.2, 0.25) is 5.91 Å². The summed E-state index contributed by atoms with van der Waals surface area (Å²) in [6.07, 6.45) is 0. The van der Waals surface area contributed by atoms with E-state index < -0.39 is 0 Å². The van der Waals surface area contributed by atoms with E-state index in [1.54, 1.807) is 21.3 Å². The van der Waals surface area contributed by atoms with Crippen LogP contribution in [0, 0.1) is 0 Å². The largest absolute Gasteiger partial charge is 0.497 e. The van der Waals surface area contributed by atoms with Gasteiger partial charge in [0.1, 0.15) is 11.5 Å². The van der Waals surface area contributed by atoms with E-state index in [4.69, 9.17) is 14.2 Å². The molecule has 0 spiro atoms. The molecule has 1 rings (SSSR count). The van der Waals surface area contributed by atoms with Gasteiger partial charge in [0.05, 0.1) is 27.4 Å². The van der Waals surface area contributed by atoms with E-state index in [2.05, 4.69) is 10.6 Å². The summed E-state index contributed by atoms with van der Waals surface area (Å²) in [4.78, 5) is 11.6. The molecule has 6 nitrogen and oxygen atoms in total. The number of carbonyl (C=O) groups is 1. The highest BCUT2D eigenvalue weighted by Crippen LogP contribution is 2.28. The molecule has 1 aromatic rings. The molecular weight excluding hydrogens is 272 g/mol. The lowest BCUT2D eigenvalue weighted by molar-refractivity contribution is -0.120. The van der Waals surface area contributed by atoms with Crippen LogP contribution >= 0.6 is 0 Å². The topological polar surface area (TPSA) is 68.8 Å². The van der Waals surface area contributed by atoms with Crippen LogP contribution in [0.2, 0.25) is 0 Å². The minimum atomic E-state index is -0.0687. The van der Waals surface area contributed by atoms with Crippen molar-refractivity contribution in [3.63, 3.8) is 0 Å². The monoisotopic (exact) mass is 296 g/mol. The Bertz CT molecular complexity index is 451. The van der Waals surface area contributed by atoms with Crippen molar-refractivity contribution in [3.05, 3.63) is 23.8 Å². The molecule has 0 heterocycles. The number of hydrogen-bond acceptors (Lipinski definition) is 5. The Hall–Kier alpha value is -1.79. The fraction of sp³-hybridized carbons (Fsp3) is 0.533. The van der Waals surface area contributed by atoms with Gasteiger partial charge in [-0.3, -0.25) is 4.79 Å². The molecule has 1 unspecified atom stereocenters. The maximum Gasteiger partial charge on any atom is 0.234 e. The molecule has 0 aromatic heterocycles. The molecule has 0 saturated carbocycles. The van der Waals surface area contributed by atoms with Gasteiger partial charge in [-0.2, -0.15) is 0 Å². The van der Waals surface area contributed by atoms with Crippen LogP contribution in [0.3, 0.4) is 0 Å². The van der Waals surface area contributed by atoms with Crippen LogP contribution in [0.25, 0.3) is 0 Å². The number of amides is 1. The second kappa shape index (κ2) is 9.20. The molecule has 118 valence electrons. The summed E-state index contributed by atoms with van der Waals surface area (Å²) in [7, 11) is 4.84. The van der Waals surface area contributed by atoms with Crippen molar-refractivity contribution >= 4 is 5.91 Å². The second-order valence-electron chi connectivity index (χ2n) is 4.55. The predicted molar refractivity (Wildman–Crippen MR) is 80.8 cm³/mol. The zero-order valence-corrected chi connectivity index (χ0v) is 13.1. The van der Waals surface area contributed by atoms with Crippen molar-refractivity contribution in [2.24, 2.45) is 0 Å². The van der Waals surface area contributed by atoms with Gasteiger partial charge < -0.3 is 24.8 Å². The minimum Gasteiger partial charge on any atom is -0.497 e. The first-order valence-electron chi connectivity index (χ1n) is 6.83. The van der Waals surface area contributed by atoms with Crippen molar-refractivity contribution in [2.45, 2.75) is 13.0 Å². The quantitative estimate of drug-likeness (QED) is 0.668. The molecule has 6 heteroatoms. The van der Waals surface area contributed by atoms with Crippen molar-refractivity contribution in [1.82, 2.24) is 10.6 Å². The number of benzene rings is 1. The molecule has 1 atom stereocenters.